The summed E-state index contributed by atoms with van der Waals surface area (Å²) in [4.78, 5) is 0. The lowest BCUT2D eigenvalue weighted by atomic mass is 10.0. The first kappa shape index (κ1) is 19.2. The van der Waals surface area contributed by atoms with Crippen molar-refractivity contribution < 1.29 is 9.13 Å². The summed E-state index contributed by atoms with van der Waals surface area (Å²) in [6.07, 6.45) is 1.76. The Kier molecular flexibility index (Phi) is 6.28. The molecule has 0 radical (unpaired) electrons. The standard InChI is InChI=1S/C22H14BrClFNO/c23-19-12-15(11-17(13-26)18-6-2-3-7-20(18)24)9-10-22(19)27-14-16-5-1-4-8-21(16)25/h1-12H,14H2. The van der Waals surface area contributed by atoms with E-state index in [-0.39, 0.29) is 12.4 Å². The molecule has 27 heavy (non-hydrogen) atoms. The summed E-state index contributed by atoms with van der Waals surface area (Å²) in [7, 11) is 0. The van der Waals surface area contributed by atoms with Crippen molar-refractivity contribution in [2.24, 2.45) is 0 Å². The molecule has 3 rings (SSSR count). The minimum Gasteiger partial charge on any atom is -0.488 e. The van der Waals surface area contributed by atoms with E-state index in [1.165, 1.54) is 6.07 Å². The number of rotatable bonds is 5. The van der Waals surface area contributed by atoms with E-state index >= 15 is 0 Å². The monoisotopic (exact) mass is 441 g/mol. The number of benzene rings is 3. The number of ether oxygens (including phenoxy) is 1. The fourth-order valence-electron chi connectivity index (χ4n) is 2.51. The second-order valence-corrected chi connectivity index (χ2v) is 6.98. The maximum absolute atomic E-state index is 13.7. The molecular weight excluding hydrogens is 429 g/mol. The molecule has 3 aromatic rings. The molecule has 0 aliphatic rings. The number of halogens is 3. The summed E-state index contributed by atoms with van der Waals surface area (Å²) in [6, 6.07) is 21.3. The number of allylic oxidation sites excluding steroid dienone is 1. The van der Waals surface area contributed by atoms with Crippen LogP contribution in [0.3, 0.4) is 0 Å². The third kappa shape index (κ3) is 4.77. The zero-order chi connectivity index (χ0) is 19.2. The highest BCUT2D eigenvalue weighted by Crippen LogP contribution is 2.30. The van der Waals surface area contributed by atoms with Crippen molar-refractivity contribution in [1.82, 2.24) is 0 Å². The first-order valence-electron chi connectivity index (χ1n) is 8.11. The van der Waals surface area contributed by atoms with Crippen molar-refractivity contribution in [3.05, 3.63) is 98.7 Å². The molecule has 0 bridgehead atoms. The SMILES string of the molecule is N#CC(=Cc1ccc(OCc2ccccc2F)c(Br)c1)c1ccccc1Cl. The Morgan fingerprint density at radius 1 is 1.11 bits per heavy atom. The average Bonchev–Trinajstić information content (AvgIpc) is 2.67. The smallest absolute Gasteiger partial charge is 0.134 e. The van der Waals surface area contributed by atoms with Crippen molar-refractivity contribution >= 4 is 39.2 Å². The van der Waals surface area contributed by atoms with Gasteiger partial charge in [-0.05, 0) is 51.8 Å². The predicted molar refractivity (Wildman–Crippen MR) is 110 cm³/mol. The van der Waals surface area contributed by atoms with Crippen molar-refractivity contribution in [2.75, 3.05) is 0 Å². The van der Waals surface area contributed by atoms with Gasteiger partial charge in [0.1, 0.15) is 18.2 Å². The van der Waals surface area contributed by atoms with Gasteiger partial charge in [-0.1, -0.05) is 54.1 Å². The van der Waals surface area contributed by atoms with Gasteiger partial charge in [-0.2, -0.15) is 5.26 Å². The summed E-state index contributed by atoms with van der Waals surface area (Å²) < 4.78 is 20.1. The fourth-order valence-corrected chi connectivity index (χ4v) is 3.26. The summed E-state index contributed by atoms with van der Waals surface area (Å²) in [5, 5.41) is 10.00. The lowest BCUT2D eigenvalue weighted by molar-refractivity contribution is 0.298. The largest absolute Gasteiger partial charge is 0.488 e. The highest BCUT2D eigenvalue weighted by Gasteiger charge is 2.08. The molecule has 0 amide bonds. The van der Waals surface area contributed by atoms with Crippen LogP contribution in [0.25, 0.3) is 11.6 Å². The van der Waals surface area contributed by atoms with Gasteiger partial charge in [0.05, 0.1) is 16.1 Å². The van der Waals surface area contributed by atoms with Crippen molar-refractivity contribution in [3.63, 3.8) is 0 Å². The molecule has 0 aromatic heterocycles. The molecular formula is C22H14BrClFNO. The van der Waals surface area contributed by atoms with Crippen LogP contribution in [0, 0.1) is 17.1 Å². The quantitative estimate of drug-likeness (QED) is 0.318. The number of nitriles is 1. The van der Waals surface area contributed by atoms with Crippen LogP contribution in [-0.2, 0) is 6.61 Å². The van der Waals surface area contributed by atoms with Crippen LogP contribution in [0.4, 0.5) is 4.39 Å². The first-order chi connectivity index (χ1) is 13.1. The summed E-state index contributed by atoms with van der Waals surface area (Å²) >= 11 is 9.65. The Hall–Kier alpha value is -2.61. The molecule has 0 aliphatic heterocycles. The lowest BCUT2D eigenvalue weighted by Gasteiger charge is -2.10. The lowest BCUT2D eigenvalue weighted by Crippen LogP contribution is -1.98. The Labute approximate surface area is 170 Å². The van der Waals surface area contributed by atoms with Crippen LogP contribution in [-0.4, -0.2) is 0 Å². The molecule has 0 unspecified atom stereocenters. The Bertz CT molecular complexity index is 1040. The minimum absolute atomic E-state index is 0.129. The Morgan fingerprint density at radius 3 is 2.56 bits per heavy atom. The summed E-state index contributed by atoms with van der Waals surface area (Å²) in [5.74, 6) is 0.290. The fraction of sp³-hybridized carbons (Fsp3) is 0.0455. The van der Waals surface area contributed by atoms with Gasteiger partial charge in [-0.3, -0.25) is 0 Å². The number of hydrogen-bond acceptors (Lipinski definition) is 2. The normalized spacial score (nSPS) is 11.1. The average molecular weight is 443 g/mol. The van der Waals surface area contributed by atoms with E-state index < -0.39 is 0 Å². The zero-order valence-corrected chi connectivity index (χ0v) is 16.5. The van der Waals surface area contributed by atoms with Crippen molar-refractivity contribution in [3.8, 4) is 11.8 Å². The van der Waals surface area contributed by atoms with Crippen LogP contribution in [0.1, 0.15) is 16.7 Å². The van der Waals surface area contributed by atoms with Crippen LogP contribution >= 0.6 is 27.5 Å². The van der Waals surface area contributed by atoms with E-state index in [1.807, 2.05) is 24.3 Å². The van der Waals surface area contributed by atoms with E-state index in [2.05, 4.69) is 22.0 Å². The van der Waals surface area contributed by atoms with E-state index in [0.717, 1.165) is 5.56 Å². The van der Waals surface area contributed by atoms with Gasteiger partial charge in [-0.15, -0.1) is 0 Å². The highest BCUT2D eigenvalue weighted by atomic mass is 79.9. The van der Waals surface area contributed by atoms with Crippen LogP contribution in [0.15, 0.2) is 71.2 Å². The second-order valence-electron chi connectivity index (χ2n) is 5.72. The summed E-state index contributed by atoms with van der Waals surface area (Å²) in [5.41, 5.74) is 2.45. The predicted octanol–water partition coefficient (Wildman–Crippen LogP) is 6.88. The topological polar surface area (TPSA) is 33.0 Å². The van der Waals surface area contributed by atoms with Gasteiger partial charge < -0.3 is 4.74 Å². The third-order valence-electron chi connectivity index (χ3n) is 3.89. The van der Waals surface area contributed by atoms with Gasteiger partial charge in [0.2, 0.25) is 0 Å². The molecule has 134 valence electrons. The van der Waals surface area contributed by atoms with Crippen LogP contribution < -0.4 is 4.74 Å². The number of hydrogen-bond donors (Lipinski definition) is 0. The minimum atomic E-state index is -0.299. The molecule has 0 atom stereocenters. The molecule has 0 saturated heterocycles. The third-order valence-corrected chi connectivity index (χ3v) is 4.84. The molecule has 0 fully saturated rings. The van der Waals surface area contributed by atoms with Gasteiger partial charge >= 0.3 is 0 Å². The molecule has 0 spiro atoms. The van der Waals surface area contributed by atoms with Crippen molar-refractivity contribution in [1.29, 1.82) is 5.26 Å². The van der Waals surface area contributed by atoms with Gasteiger partial charge in [0.25, 0.3) is 0 Å². The van der Waals surface area contributed by atoms with E-state index in [9.17, 15) is 9.65 Å². The maximum Gasteiger partial charge on any atom is 0.134 e. The zero-order valence-electron chi connectivity index (χ0n) is 14.1. The van der Waals surface area contributed by atoms with Crippen molar-refractivity contribution in [2.45, 2.75) is 6.61 Å². The van der Waals surface area contributed by atoms with E-state index in [0.29, 0.717) is 31.9 Å². The highest BCUT2D eigenvalue weighted by molar-refractivity contribution is 9.10. The Balaban J connectivity index is 1.81. The van der Waals surface area contributed by atoms with E-state index in [4.69, 9.17) is 16.3 Å². The number of nitrogens with zero attached hydrogens (tertiary/aromatic N) is 1. The van der Waals surface area contributed by atoms with Gasteiger partial charge in [0, 0.05) is 16.1 Å². The van der Waals surface area contributed by atoms with Gasteiger partial charge in [-0.25, -0.2) is 4.39 Å². The van der Waals surface area contributed by atoms with Crippen LogP contribution in [0.5, 0.6) is 5.75 Å². The molecule has 5 heteroatoms. The molecule has 0 saturated carbocycles. The molecule has 2 nitrogen and oxygen atoms in total. The molecule has 0 aliphatic carbocycles. The van der Waals surface area contributed by atoms with Gasteiger partial charge in [0.15, 0.2) is 0 Å². The second kappa shape index (κ2) is 8.85. The first-order valence-corrected chi connectivity index (χ1v) is 9.28. The molecule has 0 heterocycles. The molecule has 0 N–H and O–H groups in total. The van der Waals surface area contributed by atoms with E-state index in [1.54, 1.807) is 42.5 Å². The molecule has 3 aromatic carbocycles. The maximum atomic E-state index is 13.7. The van der Waals surface area contributed by atoms with Crippen LogP contribution in [0.2, 0.25) is 5.02 Å². The Morgan fingerprint density at radius 2 is 1.85 bits per heavy atom. The summed E-state index contributed by atoms with van der Waals surface area (Å²) in [6.45, 7) is 0.129.